The Hall–Kier alpha value is -1.89. The number of hydrogen-bond donors (Lipinski definition) is 2. The molecule has 1 aromatic carbocycles. The summed E-state index contributed by atoms with van der Waals surface area (Å²) in [6.45, 7) is 9.07. The topological polar surface area (TPSA) is 70.7 Å². The molecule has 0 radical (unpaired) electrons. The van der Waals surface area contributed by atoms with Gasteiger partial charge in [0, 0.05) is 27.8 Å². The number of nitrogens with zero attached hydrogens (tertiary/aromatic N) is 1. The van der Waals surface area contributed by atoms with Crippen molar-refractivity contribution in [2.24, 2.45) is 11.8 Å². The van der Waals surface area contributed by atoms with E-state index in [1.54, 1.807) is 17.0 Å². The van der Waals surface area contributed by atoms with E-state index in [0.717, 1.165) is 18.5 Å². The van der Waals surface area contributed by atoms with Crippen molar-refractivity contribution in [1.82, 2.24) is 10.6 Å². The van der Waals surface area contributed by atoms with E-state index in [9.17, 15) is 9.59 Å². The number of carbonyl (C=O) groups is 2. The maximum Gasteiger partial charge on any atom is 0.234 e. The number of piperidine rings is 1. The van der Waals surface area contributed by atoms with Crippen LogP contribution in [0.1, 0.15) is 40.5 Å². The van der Waals surface area contributed by atoms with E-state index < -0.39 is 17.4 Å². The molecule has 4 aliphatic heterocycles. The van der Waals surface area contributed by atoms with Crippen LogP contribution in [-0.4, -0.2) is 47.2 Å². The highest BCUT2D eigenvalue weighted by Gasteiger charge is 2.67. The Morgan fingerprint density at radius 2 is 1.81 bits per heavy atom. The number of halogens is 1. The summed E-state index contributed by atoms with van der Waals surface area (Å²) >= 11 is 6.01. The molecule has 1 aromatic rings. The molecule has 166 valence electrons. The average molecular weight is 444 g/mol. The van der Waals surface area contributed by atoms with Gasteiger partial charge in [-0.25, -0.2) is 0 Å². The number of ether oxygens (including phenoxy) is 1. The van der Waals surface area contributed by atoms with Crippen LogP contribution in [0.4, 0.5) is 5.69 Å². The Bertz CT molecular complexity index is 941. The number of amides is 2. The van der Waals surface area contributed by atoms with Gasteiger partial charge in [0.15, 0.2) is 0 Å². The molecule has 1 spiro atoms. The van der Waals surface area contributed by atoms with Gasteiger partial charge in [-0.05, 0) is 64.8 Å². The monoisotopic (exact) mass is 443 g/mol. The Morgan fingerprint density at radius 1 is 1.16 bits per heavy atom. The van der Waals surface area contributed by atoms with E-state index in [4.69, 9.17) is 16.3 Å². The molecule has 31 heavy (non-hydrogen) atoms. The summed E-state index contributed by atoms with van der Waals surface area (Å²) in [5.41, 5.74) is -0.0865. The summed E-state index contributed by atoms with van der Waals surface area (Å²) in [5, 5.41) is 7.53. The van der Waals surface area contributed by atoms with E-state index in [1.165, 1.54) is 0 Å². The third-order valence-electron chi connectivity index (χ3n) is 7.08. The van der Waals surface area contributed by atoms with Gasteiger partial charge >= 0.3 is 0 Å². The molecule has 0 aromatic heterocycles. The molecule has 0 aliphatic carbocycles. The highest BCUT2D eigenvalue weighted by atomic mass is 35.5. The van der Waals surface area contributed by atoms with E-state index in [2.05, 4.69) is 38.3 Å². The normalized spacial score (nSPS) is 35.5. The zero-order valence-electron chi connectivity index (χ0n) is 18.4. The Balaban J connectivity index is 1.37. The fraction of sp³-hybridized carbons (Fsp3) is 0.583. The molecule has 7 heteroatoms. The summed E-state index contributed by atoms with van der Waals surface area (Å²) in [4.78, 5) is 28.6. The first kappa shape index (κ1) is 21.0. The average Bonchev–Trinajstić information content (AvgIpc) is 3.28. The largest absolute Gasteiger partial charge is 0.360 e. The summed E-state index contributed by atoms with van der Waals surface area (Å²) in [5.74, 6) is -1.14. The van der Waals surface area contributed by atoms with Crippen molar-refractivity contribution in [3.05, 3.63) is 41.4 Å². The summed E-state index contributed by atoms with van der Waals surface area (Å²) in [6, 6.07) is 7.27. The predicted molar refractivity (Wildman–Crippen MR) is 120 cm³/mol. The van der Waals surface area contributed by atoms with Crippen molar-refractivity contribution in [2.45, 2.75) is 69.4 Å². The quantitative estimate of drug-likeness (QED) is 0.704. The molecule has 2 N–H and O–H groups in total. The van der Waals surface area contributed by atoms with Crippen LogP contribution in [0.5, 0.6) is 0 Å². The van der Waals surface area contributed by atoms with Crippen LogP contribution in [0.15, 0.2) is 36.4 Å². The summed E-state index contributed by atoms with van der Waals surface area (Å²) in [6.07, 6.45) is 5.28. The third kappa shape index (κ3) is 3.49. The molecular weight excluding hydrogens is 414 g/mol. The minimum Gasteiger partial charge on any atom is -0.360 e. The molecule has 6 nitrogen and oxygen atoms in total. The minimum atomic E-state index is -0.726. The molecule has 3 fully saturated rings. The zero-order chi connectivity index (χ0) is 22.2. The van der Waals surface area contributed by atoms with Crippen molar-refractivity contribution in [2.75, 3.05) is 11.4 Å². The highest BCUT2D eigenvalue weighted by molar-refractivity contribution is 6.30. The second kappa shape index (κ2) is 6.80. The number of nitrogens with one attached hydrogen (secondary N) is 2. The van der Waals surface area contributed by atoms with E-state index >= 15 is 0 Å². The predicted octanol–water partition coefficient (Wildman–Crippen LogP) is 3.05. The number of carbonyl (C=O) groups excluding carboxylic acids is 2. The van der Waals surface area contributed by atoms with Gasteiger partial charge in [0.05, 0.1) is 24.5 Å². The lowest BCUT2D eigenvalue weighted by Crippen LogP contribution is -2.62. The molecular formula is C24H30ClN3O3. The second-order valence-electron chi connectivity index (χ2n) is 10.8. The fourth-order valence-electron chi connectivity index (χ4n) is 6.36. The van der Waals surface area contributed by atoms with E-state index in [1.807, 2.05) is 24.3 Å². The number of hydrogen-bond acceptors (Lipinski definition) is 4. The van der Waals surface area contributed by atoms with E-state index in [-0.39, 0.29) is 35.0 Å². The summed E-state index contributed by atoms with van der Waals surface area (Å²) < 4.78 is 6.26. The van der Waals surface area contributed by atoms with Crippen molar-refractivity contribution < 1.29 is 14.3 Å². The van der Waals surface area contributed by atoms with Crippen molar-refractivity contribution in [1.29, 1.82) is 0 Å². The maximum atomic E-state index is 13.5. The molecule has 5 rings (SSSR count). The van der Waals surface area contributed by atoms with Crippen LogP contribution in [0.25, 0.3) is 0 Å². The van der Waals surface area contributed by atoms with Crippen LogP contribution in [0, 0.1) is 11.8 Å². The van der Waals surface area contributed by atoms with Crippen LogP contribution in [0.3, 0.4) is 0 Å². The molecule has 4 aliphatic rings. The molecule has 0 saturated carbocycles. The first-order valence-electron chi connectivity index (χ1n) is 11.0. The smallest absolute Gasteiger partial charge is 0.234 e. The number of rotatable bonds is 3. The minimum absolute atomic E-state index is 0.0553. The standard InChI is InChI=1S/C24H30ClN3O3/c1-22(2)11-15(12-23(3,4)27-22)26-20(29)18-17-9-10-24(31-17)13-28(21(30)19(18)24)16-7-5-14(25)6-8-16/h5-10,15,17-19,27H,11-13H2,1-4H3,(H,26,29)/t17-,18?,19?,24+/m0/s1. The van der Waals surface area contributed by atoms with Crippen LogP contribution in [0.2, 0.25) is 5.02 Å². The molecule has 4 heterocycles. The summed E-state index contributed by atoms with van der Waals surface area (Å²) in [7, 11) is 0. The Kier molecular flexibility index (Phi) is 4.60. The fourth-order valence-corrected chi connectivity index (χ4v) is 6.48. The van der Waals surface area contributed by atoms with Gasteiger partial charge in [0.1, 0.15) is 5.60 Å². The third-order valence-corrected chi connectivity index (χ3v) is 7.33. The van der Waals surface area contributed by atoms with Crippen molar-refractivity contribution >= 4 is 29.1 Å². The molecule has 3 saturated heterocycles. The Labute approximate surface area is 188 Å². The van der Waals surface area contributed by atoms with Crippen LogP contribution in [-0.2, 0) is 14.3 Å². The van der Waals surface area contributed by atoms with Gasteiger partial charge in [-0.15, -0.1) is 0 Å². The van der Waals surface area contributed by atoms with Crippen molar-refractivity contribution in [3.63, 3.8) is 0 Å². The first-order chi connectivity index (χ1) is 14.5. The molecule has 2 amide bonds. The van der Waals surface area contributed by atoms with Gasteiger partial charge in [-0.1, -0.05) is 23.8 Å². The SMILES string of the molecule is CC1(C)CC(NC(=O)C2C3C(=O)N(c4ccc(Cl)cc4)C[C@]34C=C[C@@H]2O4)CC(C)(C)N1. The van der Waals surface area contributed by atoms with Crippen LogP contribution >= 0.6 is 11.6 Å². The molecule has 4 atom stereocenters. The molecule has 2 bridgehead atoms. The number of fused-ring (bicyclic) bond motifs is 1. The zero-order valence-corrected chi connectivity index (χ0v) is 19.2. The maximum absolute atomic E-state index is 13.5. The highest BCUT2D eigenvalue weighted by Crippen LogP contribution is 2.52. The van der Waals surface area contributed by atoms with Crippen LogP contribution < -0.4 is 15.5 Å². The lowest BCUT2D eigenvalue weighted by Gasteiger charge is -2.47. The van der Waals surface area contributed by atoms with Gasteiger partial charge in [-0.3, -0.25) is 9.59 Å². The van der Waals surface area contributed by atoms with Crippen molar-refractivity contribution in [3.8, 4) is 0 Å². The second-order valence-corrected chi connectivity index (χ2v) is 11.2. The number of anilines is 1. The van der Waals surface area contributed by atoms with Gasteiger partial charge < -0.3 is 20.3 Å². The molecule has 2 unspecified atom stereocenters. The first-order valence-corrected chi connectivity index (χ1v) is 11.4. The van der Waals surface area contributed by atoms with Gasteiger partial charge in [0.25, 0.3) is 0 Å². The lowest BCUT2D eigenvalue weighted by atomic mass is 9.75. The van der Waals surface area contributed by atoms with Gasteiger partial charge in [0.2, 0.25) is 11.8 Å². The number of benzene rings is 1. The Morgan fingerprint density at radius 3 is 2.45 bits per heavy atom. The van der Waals surface area contributed by atoms with Gasteiger partial charge in [-0.2, -0.15) is 0 Å². The lowest BCUT2D eigenvalue weighted by molar-refractivity contribution is -0.132. The van der Waals surface area contributed by atoms with E-state index in [0.29, 0.717) is 11.6 Å².